The first-order valence-corrected chi connectivity index (χ1v) is 6.39. The van der Waals surface area contributed by atoms with E-state index < -0.39 is 0 Å². The van der Waals surface area contributed by atoms with Gasteiger partial charge in [-0.05, 0) is 46.3 Å². The molecule has 80 valence electrons. The second kappa shape index (κ2) is 3.71. The van der Waals surface area contributed by atoms with Crippen LogP contribution in [0, 0.1) is 0 Å². The molecule has 2 N–H and O–H groups in total. The van der Waals surface area contributed by atoms with Crippen LogP contribution in [0.2, 0.25) is 0 Å². The number of rotatable bonds is 0. The molecule has 4 heteroatoms. The molecule has 0 amide bonds. The van der Waals surface area contributed by atoms with Crippen LogP contribution < -0.4 is 10.5 Å². The van der Waals surface area contributed by atoms with Crippen molar-refractivity contribution in [2.75, 3.05) is 5.73 Å². The van der Waals surface area contributed by atoms with Crippen LogP contribution in [-0.4, -0.2) is 0 Å². The summed E-state index contributed by atoms with van der Waals surface area (Å²) in [6.07, 6.45) is 0. The molecule has 0 atom stereocenters. The summed E-state index contributed by atoms with van der Waals surface area (Å²) in [6.45, 7) is 0. The molecular formula is C12H8BrNOS. The standard InChI is InChI=1S/C12H8BrNOS/c13-8-2-1-3-10-12(8)15-9-5-4-7(14)6-11(9)16-10/h1-6H,14H2. The molecule has 0 bridgehead atoms. The highest BCUT2D eigenvalue weighted by atomic mass is 79.9. The zero-order valence-corrected chi connectivity index (χ0v) is 10.6. The van der Waals surface area contributed by atoms with Crippen molar-refractivity contribution in [3.8, 4) is 11.5 Å². The first-order valence-electron chi connectivity index (χ1n) is 4.78. The average molecular weight is 294 g/mol. The van der Waals surface area contributed by atoms with Crippen molar-refractivity contribution in [1.29, 1.82) is 0 Å². The van der Waals surface area contributed by atoms with Gasteiger partial charge in [0.1, 0.15) is 5.75 Å². The van der Waals surface area contributed by atoms with Crippen LogP contribution >= 0.6 is 27.7 Å². The largest absolute Gasteiger partial charge is 0.454 e. The normalized spacial score (nSPS) is 12.6. The maximum atomic E-state index is 5.84. The van der Waals surface area contributed by atoms with E-state index in [0.717, 1.165) is 31.5 Å². The van der Waals surface area contributed by atoms with Crippen LogP contribution in [0.3, 0.4) is 0 Å². The summed E-state index contributed by atoms with van der Waals surface area (Å²) in [5.74, 6) is 1.74. The van der Waals surface area contributed by atoms with Gasteiger partial charge < -0.3 is 10.5 Å². The van der Waals surface area contributed by atoms with E-state index in [0.29, 0.717) is 0 Å². The van der Waals surface area contributed by atoms with E-state index in [2.05, 4.69) is 15.9 Å². The molecule has 0 spiro atoms. The van der Waals surface area contributed by atoms with Crippen molar-refractivity contribution >= 4 is 33.4 Å². The summed E-state index contributed by atoms with van der Waals surface area (Å²) < 4.78 is 6.81. The molecule has 1 aliphatic rings. The third-order valence-electron chi connectivity index (χ3n) is 2.33. The number of nitrogens with two attached hydrogens (primary N) is 1. The Morgan fingerprint density at radius 3 is 2.88 bits per heavy atom. The molecule has 0 fully saturated rings. The number of hydrogen-bond donors (Lipinski definition) is 1. The quantitative estimate of drug-likeness (QED) is 0.628. The number of para-hydroxylation sites is 1. The van der Waals surface area contributed by atoms with Crippen LogP contribution in [0.5, 0.6) is 11.5 Å². The Bertz CT molecular complexity index is 571. The minimum Gasteiger partial charge on any atom is -0.454 e. The molecule has 1 heterocycles. The monoisotopic (exact) mass is 293 g/mol. The number of fused-ring (bicyclic) bond motifs is 2. The van der Waals surface area contributed by atoms with E-state index in [1.165, 1.54) is 0 Å². The topological polar surface area (TPSA) is 35.2 Å². The van der Waals surface area contributed by atoms with Crippen LogP contribution in [0.15, 0.2) is 50.7 Å². The molecule has 1 aliphatic heterocycles. The van der Waals surface area contributed by atoms with Crippen molar-refractivity contribution in [2.24, 2.45) is 0 Å². The Balaban J connectivity index is 2.13. The fraction of sp³-hybridized carbons (Fsp3) is 0. The molecule has 2 aromatic rings. The first kappa shape index (κ1) is 10.1. The highest BCUT2D eigenvalue weighted by molar-refractivity contribution is 9.10. The van der Waals surface area contributed by atoms with Crippen LogP contribution in [0.25, 0.3) is 0 Å². The van der Waals surface area contributed by atoms with Crippen LogP contribution in [0.1, 0.15) is 0 Å². The van der Waals surface area contributed by atoms with Gasteiger partial charge in [0.25, 0.3) is 0 Å². The summed E-state index contributed by atoms with van der Waals surface area (Å²) >= 11 is 5.16. The predicted molar refractivity (Wildman–Crippen MR) is 69.2 cm³/mol. The predicted octanol–water partition coefficient (Wildman–Crippen LogP) is 4.29. The molecule has 16 heavy (non-hydrogen) atoms. The third kappa shape index (κ3) is 1.58. The van der Waals surface area contributed by atoms with Crippen molar-refractivity contribution in [3.63, 3.8) is 0 Å². The molecule has 0 aliphatic carbocycles. The molecule has 0 saturated carbocycles. The lowest BCUT2D eigenvalue weighted by atomic mass is 10.3. The second-order valence-electron chi connectivity index (χ2n) is 3.48. The lowest BCUT2D eigenvalue weighted by molar-refractivity contribution is 0.451. The van der Waals surface area contributed by atoms with Gasteiger partial charge in [-0.1, -0.05) is 17.8 Å². The molecule has 0 unspecified atom stereocenters. The average Bonchev–Trinajstić information content (AvgIpc) is 2.27. The van der Waals surface area contributed by atoms with E-state index in [1.54, 1.807) is 11.8 Å². The number of anilines is 1. The van der Waals surface area contributed by atoms with Gasteiger partial charge in [0, 0.05) is 5.69 Å². The van der Waals surface area contributed by atoms with Gasteiger partial charge in [-0.15, -0.1) is 0 Å². The Morgan fingerprint density at radius 1 is 1.12 bits per heavy atom. The van der Waals surface area contributed by atoms with Crippen molar-refractivity contribution in [3.05, 3.63) is 40.9 Å². The fourth-order valence-corrected chi connectivity index (χ4v) is 3.20. The lowest BCUT2D eigenvalue weighted by Gasteiger charge is -2.20. The summed E-state index contributed by atoms with van der Waals surface area (Å²) in [5, 5.41) is 0. The highest BCUT2D eigenvalue weighted by Crippen LogP contribution is 2.49. The van der Waals surface area contributed by atoms with E-state index >= 15 is 0 Å². The van der Waals surface area contributed by atoms with Gasteiger partial charge in [-0.25, -0.2) is 0 Å². The summed E-state index contributed by atoms with van der Waals surface area (Å²) in [7, 11) is 0. The van der Waals surface area contributed by atoms with E-state index in [4.69, 9.17) is 10.5 Å². The van der Waals surface area contributed by atoms with Crippen molar-refractivity contribution in [1.82, 2.24) is 0 Å². The van der Waals surface area contributed by atoms with Gasteiger partial charge in [-0.2, -0.15) is 0 Å². The molecule has 3 rings (SSSR count). The summed E-state index contributed by atoms with van der Waals surface area (Å²) in [4.78, 5) is 2.16. The van der Waals surface area contributed by atoms with E-state index in [-0.39, 0.29) is 0 Å². The Hall–Kier alpha value is -1.13. The Morgan fingerprint density at radius 2 is 2.00 bits per heavy atom. The van der Waals surface area contributed by atoms with Gasteiger partial charge in [0.05, 0.1) is 14.3 Å². The number of halogens is 1. The minimum atomic E-state index is 0.758. The van der Waals surface area contributed by atoms with Gasteiger partial charge in [0.2, 0.25) is 0 Å². The Labute approximate surface area is 106 Å². The molecular weight excluding hydrogens is 286 g/mol. The highest BCUT2D eigenvalue weighted by Gasteiger charge is 2.19. The molecule has 0 radical (unpaired) electrons. The Kier molecular flexibility index (Phi) is 2.33. The van der Waals surface area contributed by atoms with Crippen LogP contribution in [-0.2, 0) is 0 Å². The van der Waals surface area contributed by atoms with Crippen molar-refractivity contribution < 1.29 is 4.74 Å². The maximum absolute atomic E-state index is 5.84. The fourth-order valence-electron chi connectivity index (χ4n) is 1.59. The summed E-state index contributed by atoms with van der Waals surface area (Å²) in [6, 6.07) is 11.7. The number of hydrogen-bond acceptors (Lipinski definition) is 3. The first-order chi connectivity index (χ1) is 7.74. The van der Waals surface area contributed by atoms with Crippen LogP contribution in [0.4, 0.5) is 5.69 Å². The van der Waals surface area contributed by atoms with Gasteiger partial charge >= 0.3 is 0 Å². The lowest BCUT2D eigenvalue weighted by Crippen LogP contribution is -1.96. The number of nitrogen functional groups attached to an aromatic ring is 1. The van der Waals surface area contributed by atoms with Gasteiger partial charge in [0.15, 0.2) is 5.75 Å². The van der Waals surface area contributed by atoms with E-state index in [9.17, 15) is 0 Å². The number of ether oxygens (including phenoxy) is 1. The molecule has 2 aromatic carbocycles. The number of benzene rings is 2. The second-order valence-corrected chi connectivity index (χ2v) is 5.42. The van der Waals surface area contributed by atoms with E-state index in [1.807, 2.05) is 36.4 Å². The van der Waals surface area contributed by atoms with Gasteiger partial charge in [-0.3, -0.25) is 0 Å². The third-order valence-corrected chi connectivity index (χ3v) is 4.04. The zero-order valence-electron chi connectivity index (χ0n) is 8.24. The smallest absolute Gasteiger partial charge is 0.155 e. The summed E-state index contributed by atoms with van der Waals surface area (Å²) in [5.41, 5.74) is 6.51. The SMILES string of the molecule is Nc1ccc2c(c1)Sc1cccc(Br)c1O2. The molecule has 0 aromatic heterocycles. The maximum Gasteiger partial charge on any atom is 0.155 e. The minimum absolute atomic E-state index is 0.758. The zero-order chi connectivity index (χ0) is 11.1. The molecule has 2 nitrogen and oxygen atoms in total. The van der Waals surface area contributed by atoms with Crippen molar-refractivity contribution in [2.45, 2.75) is 9.79 Å². The molecule has 0 saturated heterocycles.